The first kappa shape index (κ1) is 11.6. The van der Waals surface area contributed by atoms with Crippen LogP contribution in [0.2, 0.25) is 0 Å². The van der Waals surface area contributed by atoms with Gasteiger partial charge in [-0.3, -0.25) is 14.9 Å². The highest BCUT2D eigenvalue weighted by Gasteiger charge is 2.19. The van der Waals surface area contributed by atoms with Crippen LogP contribution in [0, 0.1) is 10.1 Å². The zero-order valence-electron chi connectivity index (χ0n) is 7.38. The molecule has 0 aliphatic heterocycles. The third kappa shape index (κ3) is 2.51. The van der Waals surface area contributed by atoms with Crippen molar-refractivity contribution < 1.29 is 14.8 Å². The molecule has 3 N–H and O–H groups in total. The van der Waals surface area contributed by atoms with Crippen LogP contribution >= 0.6 is 15.9 Å². The summed E-state index contributed by atoms with van der Waals surface area (Å²) in [5, 5.41) is 19.2. The topological polar surface area (TPSA) is 106 Å². The average molecular weight is 275 g/mol. The van der Waals surface area contributed by atoms with E-state index in [0.717, 1.165) is 6.07 Å². The molecule has 0 aromatic heterocycles. The lowest BCUT2D eigenvalue weighted by Gasteiger charge is -2.06. The largest absolute Gasteiger partial charge is 0.480 e. The normalized spacial score (nSPS) is 12.1. The summed E-state index contributed by atoms with van der Waals surface area (Å²) in [6.45, 7) is 0. The Kier molecular flexibility index (Phi) is 3.38. The number of halogens is 1. The maximum atomic E-state index is 10.6. The highest BCUT2D eigenvalue weighted by atomic mass is 79.9. The summed E-state index contributed by atoms with van der Waals surface area (Å²) in [4.78, 5) is 20.5. The van der Waals surface area contributed by atoms with E-state index in [9.17, 15) is 14.9 Å². The number of rotatable bonds is 3. The molecular formula is C8H7BrN2O4. The van der Waals surface area contributed by atoms with Crippen molar-refractivity contribution in [3.8, 4) is 0 Å². The second-order valence-electron chi connectivity index (χ2n) is 2.78. The van der Waals surface area contributed by atoms with E-state index in [2.05, 4.69) is 15.9 Å². The van der Waals surface area contributed by atoms with Gasteiger partial charge in [0.05, 0.1) is 9.40 Å². The average Bonchev–Trinajstić information content (AvgIpc) is 2.16. The fourth-order valence-electron chi connectivity index (χ4n) is 1.01. The lowest BCUT2D eigenvalue weighted by Crippen LogP contribution is -2.20. The number of nitro groups is 1. The summed E-state index contributed by atoms with van der Waals surface area (Å²) >= 11 is 2.99. The fourth-order valence-corrected chi connectivity index (χ4v) is 1.40. The van der Waals surface area contributed by atoms with Gasteiger partial charge in [-0.2, -0.15) is 0 Å². The van der Waals surface area contributed by atoms with Crippen LogP contribution in [0.15, 0.2) is 22.7 Å². The van der Waals surface area contributed by atoms with Crippen molar-refractivity contribution in [2.24, 2.45) is 5.73 Å². The molecule has 0 saturated heterocycles. The minimum absolute atomic E-state index is 0.192. The third-order valence-electron chi connectivity index (χ3n) is 1.79. The van der Waals surface area contributed by atoms with Crippen LogP contribution in [-0.2, 0) is 4.79 Å². The van der Waals surface area contributed by atoms with Gasteiger partial charge in [-0.25, -0.2) is 0 Å². The number of carbonyl (C=O) groups is 1. The van der Waals surface area contributed by atoms with E-state index in [1.807, 2.05) is 0 Å². The zero-order valence-corrected chi connectivity index (χ0v) is 8.97. The van der Waals surface area contributed by atoms with Gasteiger partial charge in [0.1, 0.15) is 6.04 Å². The maximum Gasteiger partial charge on any atom is 0.325 e. The molecule has 1 unspecified atom stereocenters. The quantitative estimate of drug-likeness (QED) is 0.641. The molecule has 1 aromatic carbocycles. The predicted octanol–water partition coefficient (Wildman–Crippen LogP) is 1.44. The van der Waals surface area contributed by atoms with Crippen LogP contribution in [0.25, 0.3) is 0 Å². The van der Waals surface area contributed by atoms with E-state index in [1.54, 1.807) is 0 Å². The van der Waals surface area contributed by atoms with Crippen LogP contribution in [-0.4, -0.2) is 16.0 Å². The molecule has 0 radical (unpaired) electrons. The first-order chi connectivity index (χ1) is 6.93. The van der Waals surface area contributed by atoms with E-state index in [0.29, 0.717) is 0 Å². The van der Waals surface area contributed by atoms with Crippen molar-refractivity contribution >= 4 is 27.6 Å². The Balaban J connectivity index is 3.18. The number of nitro benzene ring substituents is 1. The first-order valence-corrected chi connectivity index (χ1v) is 4.65. The van der Waals surface area contributed by atoms with Gasteiger partial charge in [0.15, 0.2) is 0 Å². The molecule has 0 aliphatic carbocycles. The molecule has 1 rings (SSSR count). The number of nitrogens with zero attached hydrogens (tertiary/aromatic N) is 1. The second-order valence-corrected chi connectivity index (χ2v) is 3.64. The Morgan fingerprint density at radius 1 is 1.60 bits per heavy atom. The summed E-state index contributed by atoms with van der Waals surface area (Å²) in [5.74, 6) is -1.23. The number of aliphatic carboxylic acids is 1. The second kappa shape index (κ2) is 4.37. The van der Waals surface area contributed by atoms with Gasteiger partial charge in [0, 0.05) is 6.07 Å². The van der Waals surface area contributed by atoms with E-state index in [-0.39, 0.29) is 15.7 Å². The number of hydrogen-bond acceptors (Lipinski definition) is 4. The molecule has 0 aliphatic rings. The highest BCUT2D eigenvalue weighted by molar-refractivity contribution is 9.10. The Morgan fingerprint density at radius 2 is 2.20 bits per heavy atom. The Morgan fingerprint density at radius 3 is 2.67 bits per heavy atom. The van der Waals surface area contributed by atoms with E-state index in [4.69, 9.17) is 10.8 Å². The molecule has 1 aromatic rings. The first-order valence-electron chi connectivity index (χ1n) is 3.85. The van der Waals surface area contributed by atoms with Crippen molar-refractivity contribution in [1.82, 2.24) is 0 Å². The monoisotopic (exact) mass is 274 g/mol. The highest BCUT2D eigenvalue weighted by Crippen LogP contribution is 2.27. The van der Waals surface area contributed by atoms with Gasteiger partial charge >= 0.3 is 5.97 Å². The number of carboxylic acids is 1. The van der Waals surface area contributed by atoms with Crippen molar-refractivity contribution in [3.63, 3.8) is 0 Å². The summed E-state index contributed by atoms with van der Waals surface area (Å²) in [6.07, 6.45) is 0. The SMILES string of the molecule is NC(C(=O)O)c1ccc(Br)c([N+](=O)[O-])c1. The Hall–Kier alpha value is -1.47. The molecule has 0 spiro atoms. The summed E-state index contributed by atoms with van der Waals surface area (Å²) < 4.78 is 0.286. The summed E-state index contributed by atoms with van der Waals surface area (Å²) in [6, 6.07) is 2.71. The summed E-state index contributed by atoms with van der Waals surface area (Å²) in [5.41, 5.74) is 5.31. The number of nitrogens with two attached hydrogens (primary N) is 1. The van der Waals surface area contributed by atoms with Gasteiger partial charge in [0.2, 0.25) is 0 Å². The van der Waals surface area contributed by atoms with Crippen LogP contribution in [0.5, 0.6) is 0 Å². The standard InChI is InChI=1S/C8H7BrN2O4/c9-5-2-1-4(7(10)8(12)13)3-6(5)11(14)15/h1-3,7H,10H2,(H,12,13). The smallest absolute Gasteiger partial charge is 0.325 e. The fraction of sp³-hybridized carbons (Fsp3) is 0.125. The lowest BCUT2D eigenvalue weighted by molar-refractivity contribution is -0.385. The molecule has 0 bridgehead atoms. The molecule has 15 heavy (non-hydrogen) atoms. The lowest BCUT2D eigenvalue weighted by atomic mass is 10.1. The Bertz CT molecular complexity index is 421. The van der Waals surface area contributed by atoms with Crippen molar-refractivity contribution in [3.05, 3.63) is 38.3 Å². The molecule has 80 valence electrons. The maximum absolute atomic E-state index is 10.6. The van der Waals surface area contributed by atoms with Crippen LogP contribution in [0.3, 0.4) is 0 Å². The van der Waals surface area contributed by atoms with Gasteiger partial charge in [-0.1, -0.05) is 6.07 Å². The van der Waals surface area contributed by atoms with Gasteiger partial charge in [-0.15, -0.1) is 0 Å². The molecule has 6 nitrogen and oxygen atoms in total. The minimum atomic E-state index is -1.25. The third-order valence-corrected chi connectivity index (χ3v) is 2.46. The van der Waals surface area contributed by atoms with Crippen molar-refractivity contribution in [2.75, 3.05) is 0 Å². The van der Waals surface area contributed by atoms with Gasteiger partial charge < -0.3 is 10.8 Å². The molecular weight excluding hydrogens is 268 g/mol. The van der Waals surface area contributed by atoms with Crippen molar-refractivity contribution in [2.45, 2.75) is 6.04 Å². The number of carboxylic acid groups (broad SMARTS) is 1. The molecule has 0 saturated carbocycles. The van der Waals surface area contributed by atoms with E-state index < -0.39 is 16.9 Å². The van der Waals surface area contributed by atoms with Crippen LogP contribution in [0.4, 0.5) is 5.69 Å². The van der Waals surface area contributed by atoms with E-state index in [1.165, 1.54) is 12.1 Å². The molecule has 0 amide bonds. The molecule has 7 heteroatoms. The van der Waals surface area contributed by atoms with Crippen LogP contribution in [0.1, 0.15) is 11.6 Å². The predicted molar refractivity (Wildman–Crippen MR) is 55.4 cm³/mol. The molecule has 0 fully saturated rings. The number of hydrogen-bond donors (Lipinski definition) is 2. The minimum Gasteiger partial charge on any atom is -0.480 e. The zero-order chi connectivity index (χ0) is 11.6. The summed E-state index contributed by atoms with van der Waals surface area (Å²) in [7, 11) is 0. The van der Waals surface area contributed by atoms with Gasteiger partial charge in [-0.05, 0) is 27.6 Å². The van der Waals surface area contributed by atoms with E-state index >= 15 is 0 Å². The van der Waals surface area contributed by atoms with Crippen molar-refractivity contribution in [1.29, 1.82) is 0 Å². The molecule has 0 heterocycles. The molecule has 1 atom stereocenters. The number of benzene rings is 1. The Labute approximate surface area is 93.0 Å². The van der Waals surface area contributed by atoms with Crippen LogP contribution < -0.4 is 5.73 Å². The van der Waals surface area contributed by atoms with Gasteiger partial charge in [0.25, 0.3) is 5.69 Å².